The SMILES string of the molecule is O=C(O)/C(=C/c1ccc(O)cc1)C1O[C@H](CO)[C@@H](O)[C@H](O)[C@H]1O. The van der Waals surface area contributed by atoms with E-state index in [-0.39, 0.29) is 11.3 Å². The average Bonchev–Trinajstić information content (AvgIpc) is 2.53. The van der Waals surface area contributed by atoms with Crippen molar-refractivity contribution < 1.29 is 40.2 Å². The van der Waals surface area contributed by atoms with Crippen LogP contribution in [0.4, 0.5) is 0 Å². The van der Waals surface area contributed by atoms with Crippen LogP contribution in [0.1, 0.15) is 5.56 Å². The lowest BCUT2D eigenvalue weighted by Gasteiger charge is -2.40. The molecule has 1 heterocycles. The summed E-state index contributed by atoms with van der Waals surface area (Å²) in [6.45, 7) is -0.645. The number of carboxylic acids is 1. The van der Waals surface area contributed by atoms with Crippen molar-refractivity contribution in [2.45, 2.75) is 30.5 Å². The zero-order valence-corrected chi connectivity index (χ0v) is 12.0. The first-order valence-corrected chi connectivity index (χ1v) is 6.89. The molecule has 0 aromatic heterocycles. The summed E-state index contributed by atoms with van der Waals surface area (Å²) < 4.78 is 5.24. The first-order valence-electron chi connectivity index (χ1n) is 6.89. The molecule has 8 heteroatoms. The lowest BCUT2D eigenvalue weighted by Crippen LogP contribution is -2.59. The van der Waals surface area contributed by atoms with Gasteiger partial charge in [0.1, 0.15) is 36.3 Å². The van der Waals surface area contributed by atoms with Gasteiger partial charge in [0.05, 0.1) is 12.2 Å². The van der Waals surface area contributed by atoms with Gasteiger partial charge in [-0.25, -0.2) is 4.79 Å². The van der Waals surface area contributed by atoms with Gasteiger partial charge in [-0.05, 0) is 23.8 Å². The highest BCUT2D eigenvalue weighted by atomic mass is 16.5. The van der Waals surface area contributed by atoms with Gasteiger partial charge in [0, 0.05) is 0 Å². The zero-order valence-electron chi connectivity index (χ0n) is 12.0. The summed E-state index contributed by atoms with van der Waals surface area (Å²) in [4.78, 5) is 11.5. The van der Waals surface area contributed by atoms with Gasteiger partial charge in [-0.2, -0.15) is 0 Å². The molecule has 0 radical (unpaired) electrons. The Bertz CT molecular complexity index is 580. The highest BCUT2D eigenvalue weighted by Gasteiger charge is 2.46. The Hall–Kier alpha value is -1.97. The fraction of sp³-hybridized carbons (Fsp3) is 0.400. The molecule has 0 amide bonds. The molecule has 2 rings (SSSR count). The number of aliphatic hydroxyl groups is 4. The predicted octanol–water partition coefficient (Wildman–Crippen LogP) is -1.30. The molecule has 5 atom stereocenters. The van der Waals surface area contributed by atoms with Crippen molar-refractivity contribution in [3.05, 3.63) is 35.4 Å². The topological polar surface area (TPSA) is 148 Å². The van der Waals surface area contributed by atoms with Crippen molar-refractivity contribution >= 4 is 12.0 Å². The first-order chi connectivity index (χ1) is 10.8. The third-order valence-corrected chi connectivity index (χ3v) is 3.66. The van der Waals surface area contributed by atoms with Gasteiger partial charge in [-0.15, -0.1) is 0 Å². The van der Waals surface area contributed by atoms with Crippen LogP contribution in [0.15, 0.2) is 29.8 Å². The number of aromatic hydroxyl groups is 1. The lowest BCUT2D eigenvalue weighted by molar-refractivity contribution is -0.220. The minimum atomic E-state index is -1.67. The number of aliphatic hydroxyl groups excluding tert-OH is 4. The fourth-order valence-corrected chi connectivity index (χ4v) is 2.37. The van der Waals surface area contributed by atoms with Crippen LogP contribution >= 0.6 is 0 Å². The molecular weight excluding hydrogens is 308 g/mol. The molecule has 1 fully saturated rings. The van der Waals surface area contributed by atoms with Gasteiger partial charge in [-0.1, -0.05) is 12.1 Å². The normalized spacial score (nSPS) is 31.8. The van der Waals surface area contributed by atoms with Crippen molar-refractivity contribution in [3.8, 4) is 5.75 Å². The van der Waals surface area contributed by atoms with Crippen LogP contribution < -0.4 is 0 Å². The molecule has 8 nitrogen and oxygen atoms in total. The van der Waals surface area contributed by atoms with Crippen LogP contribution in [0.2, 0.25) is 0 Å². The van der Waals surface area contributed by atoms with Crippen LogP contribution in [0.25, 0.3) is 6.08 Å². The van der Waals surface area contributed by atoms with E-state index in [1.54, 1.807) is 0 Å². The summed E-state index contributed by atoms with van der Waals surface area (Å²) in [6.07, 6.45) is -6.30. The van der Waals surface area contributed by atoms with E-state index >= 15 is 0 Å². The molecule has 23 heavy (non-hydrogen) atoms. The van der Waals surface area contributed by atoms with E-state index in [4.69, 9.17) is 9.84 Å². The summed E-state index contributed by atoms with van der Waals surface area (Å²) in [6, 6.07) is 5.64. The quantitative estimate of drug-likeness (QED) is 0.374. The zero-order chi connectivity index (χ0) is 17.1. The van der Waals surface area contributed by atoms with E-state index in [1.165, 1.54) is 30.3 Å². The Kier molecular flexibility index (Phi) is 5.34. The molecule has 1 saturated heterocycles. The third-order valence-electron chi connectivity index (χ3n) is 3.66. The van der Waals surface area contributed by atoms with Crippen molar-refractivity contribution in [1.82, 2.24) is 0 Å². The van der Waals surface area contributed by atoms with Crippen LogP contribution in [-0.2, 0) is 9.53 Å². The van der Waals surface area contributed by atoms with E-state index in [0.29, 0.717) is 5.56 Å². The maximum atomic E-state index is 11.5. The molecule has 0 bridgehead atoms. The van der Waals surface area contributed by atoms with Gasteiger partial charge >= 0.3 is 5.97 Å². The van der Waals surface area contributed by atoms with Gasteiger partial charge in [0.15, 0.2) is 0 Å². The van der Waals surface area contributed by atoms with Crippen LogP contribution in [0.5, 0.6) is 5.75 Å². The molecule has 1 aromatic rings. The van der Waals surface area contributed by atoms with Crippen LogP contribution in [0, 0.1) is 0 Å². The van der Waals surface area contributed by atoms with Gasteiger partial charge in [0.2, 0.25) is 0 Å². The Balaban J connectivity index is 2.36. The Morgan fingerprint density at radius 1 is 1.09 bits per heavy atom. The number of carboxylic acid groups (broad SMARTS) is 1. The number of benzene rings is 1. The molecule has 1 aromatic carbocycles. The highest BCUT2D eigenvalue weighted by molar-refractivity contribution is 5.93. The third kappa shape index (κ3) is 3.69. The number of aliphatic carboxylic acids is 1. The van der Waals surface area contributed by atoms with Gasteiger partial charge in [-0.3, -0.25) is 0 Å². The minimum absolute atomic E-state index is 0.00636. The standard InChI is InChI=1S/C15H18O8/c16-6-10-11(18)12(19)13(20)14(23-10)9(15(21)22)5-7-1-3-8(17)4-2-7/h1-5,10-14,16-20H,6H2,(H,21,22)/b9-5+/t10-,11-,12+,13-,14?/m1/s1. The first kappa shape index (κ1) is 17.4. The monoisotopic (exact) mass is 326 g/mol. The molecule has 1 aliphatic heterocycles. The largest absolute Gasteiger partial charge is 0.508 e. The van der Waals surface area contributed by atoms with Crippen molar-refractivity contribution in [3.63, 3.8) is 0 Å². The molecule has 1 unspecified atom stereocenters. The molecule has 0 saturated carbocycles. The molecule has 0 spiro atoms. The van der Waals surface area contributed by atoms with E-state index in [1.807, 2.05) is 0 Å². The van der Waals surface area contributed by atoms with Crippen LogP contribution in [-0.4, -0.2) is 73.7 Å². The number of ether oxygens (including phenoxy) is 1. The maximum absolute atomic E-state index is 11.5. The molecule has 6 N–H and O–H groups in total. The minimum Gasteiger partial charge on any atom is -0.508 e. The van der Waals surface area contributed by atoms with Crippen molar-refractivity contribution in [1.29, 1.82) is 0 Å². The maximum Gasteiger partial charge on any atom is 0.334 e. The van der Waals surface area contributed by atoms with E-state index in [9.17, 15) is 30.3 Å². The second-order valence-electron chi connectivity index (χ2n) is 5.25. The molecule has 0 aliphatic carbocycles. The Morgan fingerprint density at radius 3 is 2.22 bits per heavy atom. The predicted molar refractivity (Wildman–Crippen MR) is 77.5 cm³/mol. The summed E-state index contributed by atoms with van der Waals surface area (Å²) >= 11 is 0. The van der Waals surface area contributed by atoms with Crippen LogP contribution in [0.3, 0.4) is 0 Å². The number of carbonyl (C=O) groups is 1. The highest BCUT2D eigenvalue weighted by Crippen LogP contribution is 2.27. The Labute approximate surface area is 131 Å². The number of hydrogen-bond donors (Lipinski definition) is 6. The summed E-state index contributed by atoms with van der Waals surface area (Å²) in [5, 5.41) is 57.2. The van der Waals surface area contributed by atoms with Crippen molar-refractivity contribution in [2.24, 2.45) is 0 Å². The Morgan fingerprint density at radius 2 is 1.70 bits per heavy atom. The average molecular weight is 326 g/mol. The summed E-state index contributed by atoms with van der Waals surface area (Å²) in [5.74, 6) is -1.38. The van der Waals surface area contributed by atoms with E-state index in [0.717, 1.165) is 0 Å². The fourth-order valence-electron chi connectivity index (χ4n) is 2.37. The summed E-state index contributed by atoms with van der Waals surface area (Å²) in [7, 11) is 0. The molecular formula is C15H18O8. The summed E-state index contributed by atoms with van der Waals surface area (Å²) in [5.41, 5.74) is 0.0738. The second-order valence-corrected chi connectivity index (χ2v) is 5.25. The lowest BCUT2D eigenvalue weighted by atomic mass is 9.90. The van der Waals surface area contributed by atoms with E-state index in [2.05, 4.69) is 0 Å². The van der Waals surface area contributed by atoms with E-state index < -0.39 is 43.1 Å². The smallest absolute Gasteiger partial charge is 0.334 e. The number of hydrogen-bond acceptors (Lipinski definition) is 7. The second kappa shape index (κ2) is 7.07. The molecule has 126 valence electrons. The van der Waals surface area contributed by atoms with Gasteiger partial charge < -0.3 is 35.4 Å². The number of phenolic OH excluding ortho intramolecular Hbond substituents is 1. The number of rotatable bonds is 4. The molecule has 1 aliphatic rings. The van der Waals surface area contributed by atoms with Gasteiger partial charge in [0.25, 0.3) is 0 Å². The van der Waals surface area contributed by atoms with Crippen molar-refractivity contribution in [2.75, 3.05) is 6.61 Å². The number of phenols is 1.